The molecular weight excluding hydrogens is 553 g/mol. The molecule has 2 heterocycles. The van der Waals surface area contributed by atoms with Gasteiger partial charge in [-0.05, 0) is 19.1 Å². The zero-order chi connectivity index (χ0) is 30.5. The number of nitrogens with zero attached hydrogens (tertiary/aromatic N) is 3. The third-order valence-electron chi connectivity index (χ3n) is 6.68. The maximum Gasteiger partial charge on any atom is 0.336 e. The van der Waals surface area contributed by atoms with Crippen molar-refractivity contribution in [3.63, 3.8) is 0 Å². The van der Waals surface area contributed by atoms with E-state index in [0.29, 0.717) is 39.3 Å². The average Bonchev–Trinajstić information content (AvgIpc) is 3.22. The van der Waals surface area contributed by atoms with Crippen molar-refractivity contribution < 1.29 is 48.0 Å². The Morgan fingerprint density at radius 2 is 1.51 bits per heavy atom. The fourth-order valence-corrected chi connectivity index (χ4v) is 4.44. The highest BCUT2D eigenvalue weighted by molar-refractivity contribution is 5.88. The molecule has 1 aliphatic heterocycles. The van der Waals surface area contributed by atoms with Gasteiger partial charge in [0, 0.05) is 50.9 Å². The molecule has 3 aromatic rings. The summed E-state index contributed by atoms with van der Waals surface area (Å²) in [5.41, 5.74) is -1.40. The largest absolute Gasteiger partial charge is 0.481 e. The number of aromatic nitrogens is 2. The van der Waals surface area contributed by atoms with E-state index < -0.39 is 53.8 Å². The number of hydrogen-bond donors (Lipinski definition) is 5. The van der Waals surface area contributed by atoms with Crippen molar-refractivity contribution in [1.82, 2.24) is 14.5 Å². The lowest BCUT2D eigenvalue weighted by atomic mass is 9.96. The van der Waals surface area contributed by atoms with E-state index in [9.17, 15) is 32.3 Å². The van der Waals surface area contributed by atoms with Gasteiger partial charge in [0.2, 0.25) is 0 Å². The van der Waals surface area contributed by atoms with E-state index in [2.05, 4.69) is 9.88 Å². The molecule has 5 N–H and O–H groups in total. The van der Waals surface area contributed by atoms with Gasteiger partial charge in [0.05, 0.1) is 29.6 Å². The summed E-state index contributed by atoms with van der Waals surface area (Å²) in [4.78, 5) is 49.4. The van der Waals surface area contributed by atoms with Crippen LogP contribution in [-0.4, -0.2) is 91.1 Å². The summed E-state index contributed by atoms with van der Waals surface area (Å²) in [6.45, 7) is 4.76. The molecule has 2 aromatic carbocycles. The number of H-pyrrole nitrogens is 1. The number of aliphatic hydroxyl groups is 1. The van der Waals surface area contributed by atoms with Gasteiger partial charge in [-0.3, -0.25) is 19.1 Å². The fourth-order valence-electron chi connectivity index (χ4n) is 4.44. The molecule has 0 bridgehead atoms. The Morgan fingerprint density at radius 3 is 2.07 bits per heavy atom. The molecule has 41 heavy (non-hydrogen) atoms. The van der Waals surface area contributed by atoms with Crippen LogP contribution < -0.4 is 10.6 Å². The van der Waals surface area contributed by atoms with Crippen LogP contribution in [0.4, 0.5) is 18.9 Å². The van der Waals surface area contributed by atoms with Crippen molar-refractivity contribution in [2.75, 3.05) is 37.6 Å². The zero-order valence-electron chi connectivity index (χ0n) is 21.9. The van der Waals surface area contributed by atoms with E-state index in [1.165, 1.54) is 6.92 Å². The van der Waals surface area contributed by atoms with Crippen molar-refractivity contribution in [3.8, 4) is 0 Å². The molecule has 0 amide bonds. The second-order valence-corrected chi connectivity index (χ2v) is 9.54. The van der Waals surface area contributed by atoms with Crippen LogP contribution in [0.3, 0.4) is 0 Å². The third-order valence-corrected chi connectivity index (χ3v) is 6.68. The molecule has 222 valence electrons. The van der Waals surface area contributed by atoms with Crippen LogP contribution in [-0.2, 0) is 20.9 Å². The van der Waals surface area contributed by atoms with Crippen LogP contribution in [0.1, 0.15) is 18.4 Å². The lowest BCUT2D eigenvalue weighted by Crippen LogP contribution is -2.47. The number of halogens is 3. The molecule has 0 aliphatic carbocycles. The topological polar surface area (TPSA) is 176 Å². The van der Waals surface area contributed by atoms with Gasteiger partial charge >= 0.3 is 23.6 Å². The number of anilines is 1. The van der Waals surface area contributed by atoms with Gasteiger partial charge in [-0.15, -0.1) is 0 Å². The minimum atomic E-state index is -2.74. The highest BCUT2D eigenvalue weighted by atomic mass is 19.2. The van der Waals surface area contributed by atoms with Gasteiger partial charge < -0.3 is 30.3 Å². The average molecular weight is 583 g/mol. The number of carboxylic acid groups (broad SMARTS) is 3. The number of nitrogens with one attached hydrogen (secondary N) is 1. The number of fused-ring (bicyclic) bond motifs is 1. The van der Waals surface area contributed by atoms with E-state index in [0.717, 1.165) is 17.1 Å². The molecule has 1 saturated heterocycles. The summed E-state index contributed by atoms with van der Waals surface area (Å²) in [7, 11) is 0. The van der Waals surface area contributed by atoms with Crippen LogP contribution in [0.5, 0.6) is 0 Å². The van der Waals surface area contributed by atoms with Crippen LogP contribution in [0.15, 0.2) is 35.1 Å². The quantitative estimate of drug-likeness (QED) is 0.233. The summed E-state index contributed by atoms with van der Waals surface area (Å²) in [5.74, 6) is -7.90. The molecule has 0 saturated carbocycles. The second-order valence-electron chi connectivity index (χ2n) is 9.54. The Hall–Kier alpha value is -4.37. The number of para-hydroxylation sites is 2. The molecule has 0 radical (unpaired) electrons. The summed E-state index contributed by atoms with van der Waals surface area (Å²) >= 11 is 0. The lowest BCUT2D eigenvalue weighted by Gasteiger charge is -2.36. The number of piperazine rings is 1. The third kappa shape index (κ3) is 7.43. The number of carbonyl (C=O) groups is 3. The number of hydrogen-bond acceptors (Lipinski definition) is 7. The van der Waals surface area contributed by atoms with E-state index in [1.807, 2.05) is 24.3 Å². The number of aromatic amines is 1. The second kappa shape index (κ2) is 12.9. The smallest absolute Gasteiger partial charge is 0.336 e. The zero-order valence-corrected chi connectivity index (χ0v) is 21.9. The molecule has 0 spiro atoms. The van der Waals surface area contributed by atoms with Crippen LogP contribution in [0.25, 0.3) is 11.0 Å². The minimum Gasteiger partial charge on any atom is -0.481 e. The minimum absolute atomic E-state index is 0.101. The van der Waals surface area contributed by atoms with Gasteiger partial charge in [0.15, 0.2) is 23.1 Å². The summed E-state index contributed by atoms with van der Waals surface area (Å²) in [6, 6.07) is 8.47. The normalized spacial score (nSPS) is 14.0. The first kappa shape index (κ1) is 31.2. The van der Waals surface area contributed by atoms with Crippen molar-refractivity contribution in [1.29, 1.82) is 0 Å². The number of imidazole rings is 1. The molecule has 12 nitrogen and oxygen atoms in total. The van der Waals surface area contributed by atoms with E-state index in [1.54, 1.807) is 9.47 Å². The van der Waals surface area contributed by atoms with Crippen LogP contribution >= 0.6 is 0 Å². The van der Waals surface area contributed by atoms with E-state index in [4.69, 9.17) is 20.4 Å². The highest BCUT2D eigenvalue weighted by Crippen LogP contribution is 2.27. The Labute approximate surface area is 230 Å². The van der Waals surface area contributed by atoms with Crippen molar-refractivity contribution in [2.45, 2.75) is 31.9 Å². The molecular formula is C26H29F3N4O8. The fraction of sp³-hybridized carbons (Fsp3) is 0.385. The van der Waals surface area contributed by atoms with Gasteiger partial charge in [0.1, 0.15) is 0 Å². The summed E-state index contributed by atoms with van der Waals surface area (Å²) in [5, 5.41) is 33.8. The van der Waals surface area contributed by atoms with Gasteiger partial charge in [-0.25, -0.2) is 22.8 Å². The van der Waals surface area contributed by atoms with Gasteiger partial charge in [-0.1, -0.05) is 12.1 Å². The highest BCUT2D eigenvalue weighted by Gasteiger charge is 2.40. The molecule has 1 fully saturated rings. The Morgan fingerprint density at radius 1 is 0.927 bits per heavy atom. The number of rotatable bonds is 9. The van der Waals surface area contributed by atoms with E-state index in [-0.39, 0.29) is 16.9 Å². The standard InChI is InChI=1S/C20H21F3N4O.C6H8O7/c1-13-18(22)14(21)12-17(19(13)23)26-9-6-25(7-10-26)8-11-27-16-5-3-2-4-15(16)24-20(27)28;7-3(8)1-6(13,5(11)12)2-4(9)10/h2-5,12H,6-11H2,1H3,(H,24,28);13H,1-2H2,(H,7,8)(H,9,10)(H,11,12). The lowest BCUT2D eigenvalue weighted by molar-refractivity contribution is -0.170. The first-order valence-electron chi connectivity index (χ1n) is 12.4. The van der Waals surface area contributed by atoms with Crippen LogP contribution in [0.2, 0.25) is 0 Å². The first-order valence-corrected chi connectivity index (χ1v) is 12.4. The monoisotopic (exact) mass is 582 g/mol. The predicted octanol–water partition coefficient (Wildman–Crippen LogP) is 1.63. The van der Waals surface area contributed by atoms with Gasteiger partial charge in [0.25, 0.3) is 0 Å². The number of carboxylic acids is 3. The molecule has 15 heteroatoms. The Balaban J connectivity index is 0.000000302. The summed E-state index contributed by atoms with van der Waals surface area (Å²) < 4.78 is 43.2. The first-order chi connectivity index (χ1) is 19.2. The molecule has 0 atom stereocenters. The van der Waals surface area contributed by atoms with Crippen molar-refractivity contribution in [2.24, 2.45) is 0 Å². The van der Waals surface area contributed by atoms with Gasteiger partial charge in [-0.2, -0.15) is 0 Å². The van der Waals surface area contributed by atoms with Crippen LogP contribution in [0, 0.1) is 24.4 Å². The molecule has 1 aliphatic rings. The maximum absolute atomic E-state index is 14.3. The van der Waals surface area contributed by atoms with E-state index >= 15 is 0 Å². The maximum atomic E-state index is 14.3. The molecule has 4 rings (SSSR count). The molecule has 1 aromatic heterocycles. The summed E-state index contributed by atoms with van der Waals surface area (Å²) in [6.07, 6.45) is -2.29. The SMILES string of the molecule is Cc1c(F)c(F)cc(N2CCN(CCn3c(=O)[nH]c4ccccc43)CC2)c1F.O=C(O)CC(O)(CC(=O)O)C(=O)O. The van der Waals surface area contributed by atoms with Crippen molar-refractivity contribution in [3.05, 3.63) is 63.8 Å². The van der Waals surface area contributed by atoms with Crippen molar-refractivity contribution >= 4 is 34.6 Å². The predicted molar refractivity (Wildman–Crippen MR) is 139 cm³/mol. The number of aliphatic carboxylic acids is 3. The Bertz CT molecular complexity index is 1480. The number of benzene rings is 2. The Kier molecular flexibility index (Phi) is 9.78. The molecule has 0 unspecified atom stereocenters.